The van der Waals surface area contributed by atoms with Crippen LogP contribution in [0.5, 0.6) is 5.75 Å². The summed E-state index contributed by atoms with van der Waals surface area (Å²) in [5, 5.41) is 11.4. The zero-order chi connectivity index (χ0) is 20.1. The Balaban J connectivity index is 1.64. The summed E-state index contributed by atoms with van der Waals surface area (Å²) in [6, 6.07) is 15.2. The molecule has 0 aliphatic heterocycles. The fourth-order valence-electron chi connectivity index (χ4n) is 2.76. The second-order valence-electron chi connectivity index (χ2n) is 7.21. The average Bonchev–Trinajstić information content (AvgIpc) is 3.15. The number of nitrogens with zero attached hydrogens (tertiary/aromatic N) is 2. The number of hydrogen-bond acceptors (Lipinski definition) is 6. The molecule has 7 heteroatoms. The summed E-state index contributed by atoms with van der Waals surface area (Å²) in [5.41, 5.74) is 2.56. The van der Waals surface area contributed by atoms with Gasteiger partial charge in [0, 0.05) is 5.69 Å². The average molecular weight is 398 g/mol. The topological polar surface area (TPSA) is 77.2 Å². The maximum Gasteiger partial charge on any atom is 0.277 e. The fraction of sp³-hybridized carbons (Fsp3) is 0.286. The van der Waals surface area contributed by atoms with Crippen molar-refractivity contribution in [2.75, 3.05) is 18.2 Å². The number of anilines is 1. The van der Waals surface area contributed by atoms with Crippen LogP contribution < -0.4 is 10.1 Å². The molecule has 1 heterocycles. The Morgan fingerprint density at radius 3 is 2.57 bits per heavy atom. The van der Waals surface area contributed by atoms with Crippen molar-refractivity contribution < 1.29 is 13.9 Å². The van der Waals surface area contributed by atoms with E-state index in [9.17, 15) is 4.79 Å². The number of carbonyl (C=O) groups excluding carboxylic acids is 1. The lowest BCUT2D eigenvalue weighted by Gasteiger charge is -2.22. The molecule has 0 saturated carbocycles. The summed E-state index contributed by atoms with van der Waals surface area (Å²) < 4.78 is 11.0. The van der Waals surface area contributed by atoms with Gasteiger partial charge < -0.3 is 14.5 Å². The van der Waals surface area contributed by atoms with Crippen LogP contribution in [0.4, 0.5) is 5.69 Å². The van der Waals surface area contributed by atoms with Gasteiger partial charge in [-0.15, -0.1) is 10.2 Å². The second-order valence-corrected chi connectivity index (χ2v) is 8.13. The second kappa shape index (κ2) is 8.48. The van der Waals surface area contributed by atoms with E-state index in [1.807, 2.05) is 48.5 Å². The van der Waals surface area contributed by atoms with Gasteiger partial charge in [-0.3, -0.25) is 4.79 Å². The van der Waals surface area contributed by atoms with Crippen LogP contribution in [0.2, 0.25) is 0 Å². The first-order valence-corrected chi connectivity index (χ1v) is 9.86. The number of nitrogens with one attached hydrogen (secondary N) is 1. The summed E-state index contributed by atoms with van der Waals surface area (Å²) in [6.07, 6.45) is 0. The van der Waals surface area contributed by atoms with Gasteiger partial charge in [0.15, 0.2) is 0 Å². The van der Waals surface area contributed by atoms with Gasteiger partial charge in [-0.05, 0) is 29.2 Å². The van der Waals surface area contributed by atoms with Crippen molar-refractivity contribution in [1.82, 2.24) is 10.2 Å². The molecule has 3 rings (SSSR count). The third kappa shape index (κ3) is 4.72. The van der Waals surface area contributed by atoms with E-state index in [2.05, 4.69) is 36.3 Å². The maximum atomic E-state index is 12.4. The van der Waals surface area contributed by atoms with Crippen molar-refractivity contribution in [3.05, 3.63) is 54.1 Å². The van der Waals surface area contributed by atoms with Crippen LogP contribution >= 0.6 is 11.8 Å². The standard InChI is InChI=1S/C21H23N3O3S/c1-21(2,3)15-10-6-7-11-16(15)22-18(25)13-28-20-24-23-19(27-20)14-9-5-8-12-17(14)26-4/h5-12H,13H2,1-4H3,(H,22,25). The van der Waals surface area contributed by atoms with Crippen LogP contribution in [0.15, 0.2) is 58.2 Å². The van der Waals surface area contributed by atoms with Crippen molar-refractivity contribution in [1.29, 1.82) is 0 Å². The van der Waals surface area contributed by atoms with Crippen molar-refractivity contribution in [2.45, 2.75) is 31.4 Å². The highest BCUT2D eigenvalue weighted by molar-refractivity contribution is 7.99. The van der Waals surface area contributed by atoms with Gasteiger partial charge in [0.1, 0.15) is 5.75 Å². The molecular formula is C21H23N3O3S. The molecule has 1 aromatic heterocycles. The Morgan fingerprint density at radius 1 is 1.11 bits per heavy atom. The van der Waals surface area contributed by atoms with E-state index in [-0.39, 0.29) is 17.1 Å². The van der Waals surface area contributed by atoms with Crippen LogP contribution in [-0.4, -0.2) is 29.0 Å². The van der Waals surface area contributed by atoms with E-state index in [0.717, 1.165) is 11.3 Å². The van der Waals surface area contributed by atoms with E-state index >= 15 is 0 Å². The van der Waals surface area contributed by atoms with Crippen LogP contribution in [0.3, 0.4) is 0 Å². The van der Waals surface area contributed by atoms with Crippen LogP contribution in [0.1, 0.15) is 26.3 Å². The molecule has 0 bridgehead atoms. The van der Waals surface area contributed by atoms with Gasteiger partial charge >= 0.3 is 0 Å². The molecule has 0 atom stereocenters. The third-order valence-electron chi connectivity index (χ3n) is 4.08. The summed E-state index contributed by atoms with van der Waals surface area (Å²) in [7, 11) is 1.59. The van der Waals surface area contributed by atoms with Gasteiger partial charge in [-0.2, -0.15) is 0 Å². The van der Waals surface area contributed by atoms with Gasteiger partial charge in [-0.25, -0.2) is 0 Å². The Hall–Kier alpha value is -2.80. The third-order valence-corrected chi connectivity index (χ3v) is 4.90. The summed E-state index contributed by atoms with van der Waals surface area (Å²) in [4.78, 5) is 12.4. The number of para-hydroxylation sites is 2. The van der Waals surface area contributed by atoms with Gasteiger partial charge in [0.05, 0.1) is 18.4 Å². The molecule has 1 N–H and O–H groups in total. The summed E-state index contributed by atoms with van der Waals surface area (Å²) in [6.45, 7) is 6.35. The van der Waals surface area contributed by atoms with Gasteiger partial charge in [-0.1, -0.05) is 62.9 Å². The van der Waals surface area contributed by atoms with Crippen LogP contribution in [0.25, 0.3) is 11.5 Å². The number of aromatic nitrogens is 2. The van der Waals surface area contributed by atoms with Crippen LogP contribution in [-0.2, 0) is 10.2 Å². The molecule has 28 heavy (non-hydrogen) atoms. The number of methoxy groups -OCH3 is 1. The fourth-order valence-corrected chi connectivity index (χ4v) is 3.32. The SMILES string of the molecule is COc1ccccc1-c1nnc(SCC(=O)Nc2ccccc2C(C)(C)C)o1. The predicted octanol–water partition coefficient (Wildman–Crippen LogP) is 4.77. The predicted molar refractivity (Wildman–Crippen MR) is 111 cm³/mol. The minimum absolute atomic E-state index is 0.0624. The van der Waals surface area contributed by atoms with Crippen molar-refractivity contribution >= 4 is 23.4 Å². The number of ether oxygens (including phenoxy) is 1. The lowest BCUT2D eigenvalue weighted by atomic mass is 9.86. The highest BCUT2D eigenvalue weighted by atomic mass is 32.2. The minimum atomic E-state index is -0.126. The smallest absolute Gasteiger partial charge is 0.277 e. The number of hydrogen-bond donors (Lipinski definition) is 1. The van der Waals surface area contributed by atoms with Crippen molar-refractivity contribution in [3.63, 3.8) is 0 Å². The highest BCUT2D eigenvalue weighted by Crippen LogP contribution is 2.31. The minimum Gasteiger partial charge on any atom is -0.496 e. The Morgan fingerprint density at radius 2 is 1.82 bits per heavy atom. The maximum absolute atomic E-state index is 12.4. The largest absolute Gasteiger partial charge is 0.496 e. The van der Waals surface area contributed by atoms with E-state index in [0.29, 0.717) is 22.4 Å². The number of carbonyl (C=O) groups is 1. The normalized spacial score (nSPS) is 11.3. The Kier molecular flexibility index (Phi) is 6.04. The molecule has 1 amide bonds. The molecule has 6 nitrogen and oxygen atoms in total. The molecule has 0 radical (unpaired) electrons. The quantitative estimate of drug-likeness (QED) is 0.604. The van der Waals surface area contributed by atoms with E-state index in [4.69, 9.17) is 9.15 Å². The molecule has 0 unspecified atom stereocenters. The van der Waals surface area contributed by atoms with Crippen LogP contribution in [0, 0.1) is 0 Å². The summed E-state index contributed by atoms with van der Waals surface area (Å²) in [5.74, 6) is 1.06. The molecule has 0 saturated heterocycles. The van der Waals surface area contributed by atoms with E-state index in [1.54, 1.807) is 7.11 Å². The lowest BCUT2D eigenvalue weighted by molar-refractivity contribution is -0.113. The molecule has 0 spiro atoms. The molecule has 0 aliphatic carbocycles. The molecule has 146 valence electrons. The zero-order valence-corrected chi connectivity index (χ0v) is 17.2. The number of amides is 1. The van der Waals surface area contributed by atoms with Crippen molar-refractivity contribution in [2.24, 2.45) is 0 Å². The first-order chi connectivity index (χ1) is 13.4. The number of rotatable bonds is 6. The highest BCUT2D eigenvalue weighted by Gasteiger charge is 2.19. The van der Waals surface area contributed by atoms with Gasteiger partial charge in [0.2, 0.25) is 5.91 Å². The van der Waals surface area contributed by atoms with Gasteiger partial charge in [0.25, 0.3) is 11.1 Å². The number of benzene rings is 2. The summed E-state index contributed by atoms with van der Waals surface area (Å²) >= 11 is 1.20. The van der Waals surface area contributed by atoms with Crippen molar-refractivity contribution in [3.8, 4) is 17.2 Å². The molecule has 0 fully saturated rings. The molecule has 0 aliphatic rings. The molecular weight excluding hydrogens is 374 g/mol. The first-order valence-electron chi connectivity index (χ1n) is 8.87. The Labute approximate surface area is 168 Å². The van der Waals surface area contributed by atoms with E-state index < -0.39 is 0 Å². The lowest BCUT2D eigenvalue weighted by Crippen LogP contribution is -2.19. The first kappa shape index (κ1) is 19.9. The zero-order valence-electron chi connectivity index (χ0n) is 16.4. The monoisotopic (exact) mass is 397 g/mol. The molecule has 3 aromatic rings. The Bertz CT molecular complexity index is 963. The number of thioether (sulfide) groups is 1. The van der Waals surface area contributed by atoms with E-state index in [1.165, 1.54) is 11.8 Å². The molecule has 2 aromatic carbocycles.